The largest absolute Gasteiger partial charge is 0.345 e. The van der Waals surface area contributed by atoms with Gasteiger partial charge in [-0.1, -0.05) is 13.0 Å². The van der Waals surface area contributed by atoms with Crippen molar-refractivity contribution >= 4 is 23.5 Å². The van der Waals surface area contributed by atoms with Crippen molar-refractivity contribution in [2.24, 2.45) is 0 Å². The van der Waals surface area contributed by atoms with E-state index >= 15 is 0 Å². The van der Waals surface area contributed by atoms with Crippen molar-refractivity contribution in [1.29, 1.82) is 0 Å². The molecule has 0 spiro atoms. The molecule has 9 heteroatoms. The predicted octanol–water partition coefficient (Wildman–Crippen LogP) is 3.65. The first-order valence-electron chi connectivity index (χ1n) is 8.78. The molecule has 0 aromatic carbocycles. The number of carbonyl (C=O) groups is 2. The first-order chi connectivity index (χ1) is 13.1. The highest BCUT2D eigenvalue weighted by Gasteiger charge is 2.21. The molecule has 1 unspecified atom stereocenters. The lowest BCUT2D eigenvalue weighted by Crippen LogP contribution is -2.27. The van der Waals surface area contributed by atoms with Crippen LogP contribution in [-0.4, -0.2) is 27.8 Å². The highest BCUT2D eigenvalue weighted by Crippen LogP contribution is 2.19. The number of amides is 2. The summed E-state index contributed by atoms with van der Waals surface area (Å²) < 4.78 is 25.9. The summed E-state index contributed by atoms with van der Waals surface area (Å²) in [6.07, 6.45) is 1.72. The first-order valence-corrected chi connectivity index (χ1v) is 8.78. The van der Waals surface area contributed by atoms with Crippen LogP contribution in [0.15, 0.2) is 30.5 Å². The average Bonchev–Trinajstić information content (AvgIpc) is 2.60. The highest BCUT2D eigenvalue weighted by molar-refractivity contribution is 5.96. The van der Waals surface area contributed by atoms with E-state index in [0.29, 0.717) is 29.1 Å². The normalized spacial score (nSPS) is 12.2. The van der Waals surface area contributed by atoms with Crippen LogP contribution in [0.3, 0.4) is 0 Å². The summed E-state index contributed by atoms with van der Waals surface area (Å²) in [7, 11) is 0. The van der Waals surface area contributed by atoms with Crippen molar-refractivity contribution in [2.45, 2.75) is 46.2 Å². The molecule has 7 nitrogen and oxygen atoms in total. The molecule has 2 rings (SSSR count). The van der Waals surface area contributed by atoms with Crippen LogP contribution in [0.1, 0.15) is 54.8 Å². The molecule has 2 aromatic rings. The summed E-state index contributed by atoms with van der Waals surface area (Å²) in [5, 5.41) is 7.42. The van der Waals surface area contributed by atoms with E-state index in [1.54, 1.807) is 32.9 Å². The number of alkyl halides is 2. The molecule has 1 atom stereocenters. The third-order valence-corrected chi connectivity index (χ3v) is 3.79. The summed E-state index contributed by atoms with van der Waals surface area (Å²) in [5.41, 5.74) is 1.59. The second-order valence-corrected chi connectivity index (χ2v) is 6.47. The Morgan fingerprint density at radius 2 is 1.93 bits per heavy atom. The molecule has 28 heavy (non-hydrogen) atoms. The van der Waals surface area contributed by atoms with Crippen LogP contribution < -0.4 is 16.0 Å². The van der Waals surface area contributed by atoms with E-state index in [9.17, 15) is 18.4 Å². The number of nitrogens with one attached hydrogen (secondary N) is 3. The van der Waals surface area contributed by atoms with Crippen molar-refractivity contribution < 1.29 is 18.4 Å². The number of rotatable bonds is 7. The van der Waals surface area contributed by atoms with Gasteiger partial charge < -0.3 is 16.0 Å². The monoisotopic (exact) mass is 391 g/mol. The second-order valence-electron chi connectivity index (χ2n) is 6.47. The van der Waals surface area contributed by atoms with Gasteiger partial charge in [-0.15, -0.1) is 0 Å². The fourth-order valence-corrected chi connectivity index (χ4v) is 2.42. The van der Waals surface area contributed by atoms with Crippen molar-refractivity contribution in [3.8, 4) is 0 Å². The van der Waals surface area contributed by atoms with Crippen LogP contribution in [0.25, 0.3) is 0 Å². The number of hydrogen-bond acceptors (Lipinski definition) is 5. The van der Waals surface area contributed by atoms with Crippen LogP contribution in [0.4, 0.5) is 20.4 Å². The molecule has 2 aromatic heterocycles. The zero-order valence-corrected chi connectivity index (χ0v) is 16.1. The van der Waals surface area contributed by atoms with Gasteiger partial charge in [0.05, 0.1) is 6.04 Å². The molecule has 0 aliphatic carbocycles. The molecule has 2 amide bonds. The molecule has 0 aliphatic heterocycles. The zero-order valence-electron chi connectivity index (χ0n) is 16.1. The second kappa shape index (κ2) is 8.73. The van der Waals surface area contributed by atoms with Gasteiger partial charge >= 0.3 is 6.05 Å². The van der Waals surface area contributed by atoms with Crippen molar-refractivity contribution in [3.63, 3.8) is 0 Å². The number of aryl methyl sites for hydroxylation is 1. The van der Waals surface area contributed by atoms with E-state index in [1.807, 2.05) is 5.32 Å². The number of carbonyl (C=O) groups excluding carboxylic acids is 2. The molecule has 3 N–H and O–H groups in total. The molecule has 150 valence electrons. The topological polar surface area (TPSA) is 96.0 Å². The predicted molar refractivity (Wildman–Crippen MR) is 102 cm³/mol. The van der Waals surface area contributed by atoms with Crippen LogP contribution in [0.5, 0.6) is 0 Å². The minimum absolute atomic E-state index is 0.0378. The Bertz CT molecular complexity index is 850. The quantitative estimate of drug-likeness (QED) is 0.626. The maximum Gasteiger partial charge on any atom is 0.321 e. The molecular weight excluding hydrogens is 368 g/mol. The summed E-state index contributed by atoms with van der Waals surface area (Å²) in [4.78, 5) is 32.2. The highest BCUT2D eigenvalue weighted by atomic mass is 19.3. The van der Waals surface area contributed by atoms with E-state index in [-0.39, 0.29) is 17.6 Å². The number of aromatic nitrogens is 2. The molecule has 0 saturated carbocycles. The third-order valence-electron chi connectivity index (χ3n) is 3.79. The summed E-state index contributed by atoms with van der Waals surface area (Å²) in [6, 6.07) is 2.66. The Hall–Kier alpha value is -3.10. The summed E-state index contributed by atoms with van der Waals surface area (Å²) >= 11 is 0. The van der Waals surface area contributed by atoms with Gasteiger partial charge in [-0.25, -0.2) is 9.97 Å². The van der Waals surface area contributed by atoms with Gasteiger partial charge in [0.1, 0.15) is 11.6 Å². The summed E-state index contributed by atoms with van der Waals surface area (Å²) in [6.45, 7) is 5.93. The van der Waals surface area contributed by atoms with Crippen LogP contribution in [-0.2, 0) is 4.79 Å². The van der Waals surface area contributed by atoms with Gasteiger partial charge in [0.2, 0.25) is 5.91 Å². The fourth-order valence-electron chi connectivity index (χ4n) is 2.42. The van der Waals surface area contributed by atoms with E-state index in [2.05, 4.69) is 20.6 Å². The smallest absolute Gasteiger partial charge is 0.321 e. The Balaban J connectivity index is 2.08. The SMILES string of the molecule is CCC(=O)Nc1cc(C(=O)NC(C)c2ccc(NC(C)(F)F)nc2)cc(C)n1. The minimum atomic E-state index is -3.07. The van der Waals surface area contributed by atoms with Crippen LogP contribution >= 0.6 is 0 Å². The Morgan fingerprint density at radius 1 is 1.21 bits per heavy atom. The van der Waals surface area contributed by atoms with E-state index < -0.39 is 12.1 Å². The number of halogens is 2. The number of anilines is 2. The molecule has 0 bridgehead atoms. The zero-order chi connectivity index (χ0) is 20.9. The molecule has 0 fully saturated rings. The third kappa shape index (κ3) is 6.26. The van der Waals surface area contributed by atoms with Crippen LogP contribution in [0.2, 0.25) is 0 Å². The fraction of sp³-hybridized carbons (Fsp3) is 0.368. The Morgan fingerprint density at radius 3 is 2.50 bits per heavy atom. The lowest BCUT2D eigenvalue weighted by atomic mass is 10.1. The number of nitrogens with zero attached hydrogens (tertiary/aromatic N) is 2. The van der Waals surface area contributed by atoms with E-state index in [0.717, 1.165) is 6.92 Å². The van der Waals surface area contributed by atoms with Gasteiger partial charge in [0.25, 0.3) is 5.91 Å². The van der Waals surface area contributed by atoms with E-state index in [4.69, 9.17) is 0 Å². The van der Waals surface area contributed by atoms with Gasteiger partial charge in [0.15, 0.2) is 0 Å². The molecule has 0 radical (unpaired) electrons. The minimum Gasteiger partial charge on any atom is -0.345 e. The van der Waals surface area contributed by atoms with Gasteiger partial charge in [-0.05, 0) is 37.6 Å². The molecule has 0 saturated heterocycles. The summed E-state index contributed by atoms with van der Waals surface area (Å²) in [5.74, 6) is -0.208. The van der Waals surface area contributed by atoms with Gasteiger partial charge in [0, 0.05) is 30.8 Å². The number of pyridine rings is 2. The average molecular weight is 391 g/mol. The van der Waals surface area contributed by atoms with Crippen molar-refractivity contribution in [2.75, 3.05) is 10.6 Å². The van der Waals surface area contributed by atoms with Gasteiger partial charge in [-0.3, -0.25) is 9.59 Å². The maximum atomic E-state index is 13.0. The molecule has 0 aliphatic rings. The van der Waals surface area contributed by atoms with E-state index in [1.165, 1.54) is 18.3 Å². The van der Waals surface area contributed by atoms with Gasteiger partial charge in [-0.2, -0.15) is 8.78 Å². The Kier molecular flexibility index (Phi) is 6.61. The van der Waals surface area contributed by atoms with Crippen molar-refractivity contribution in [1.82, 2.24) is 15.3 Å². The lowest BCUT2D eigenvalue weighted by molar-refractivity contribution is -0.115. The standard InChI is InChI=1S/C19H23F2N5O2/c1-5-17(27)25-16-9-14(8-11(2)23-16)18(28)24-12(3)13-6-7-15(22-10-13)26-19(4,20)21/h6-10,12H,5H2,1-4H3,(H,22,26)(H,24,28)(H,23,25,27). The lowest BCUT2D eigenvalue weighted by Gasteiger charge is -2.16. The molecule has 2 heterocycles. The first kappa shape index (κ1) is 21.2. The van der Waals surface area contributed by atoms with Crippen molar-refractivity contribution in [3.05, 3.63) is 47.3 Å². The number of hydrogen-bond donors (Lipinski definition) is 3. The van der Waals surface area contributed by atoms with Crippen LogP contribution in [0, 0.1) is 6.92 Å². The Labute approximate surface area is 162 Å². The molecular formula is C19H23F2N5O2. The maximum absolute atomic E-state index is 13.0.